The van der Waals surface area contributed by atoms with E-state index in [1.54, 1.807) is 13.0 Å². The molecular weight excluding hydrogens is 193 g/mol. The van der Waals surface area contributed by atoms with E-state index in [0.29, 0.717) is 5.56 Å². The van der Waals surface area contributed by atoms with Gasteiger partial charge in [-0.05, 0) is 24.6 Å². The van der Waals surface area contributed by atoms with Crippen molar-refractivity contribution < 1.29 is 13.2 Å². The maximum Gasteiger partial charge on any atom is 0.416 e. The molecule has 2 nitrogen and oxygen atoms in total. The first-order chi connectivity index (χ1) is 6.45. The second-order valence-corrected chi connectivity index (χ2v) is 3.01. The van der Waals surface area contributed by atoms with E-state index >= 15 is 0 Å². The second kappa shape index (κ2) is 3.98. The van der Waals surface area contributed by atoms with Gasteiger partial charge in [0, 0.05) is 6.04 Å². The molecule has 14 heavy (non-hydrogen) atoms. The lowest BCUT2D eigenvalue weighted by molar-refractivity contribution is -0.137. The molecular formula is C9H11F3N2. The normalized spacial score (nSPS) is 14.1. The van der Waals surface area contributed by atoms with E-state index in [9.17, 15) is 13.2 Å². The Labute approximate surface area is 79.9 Å². The predicted octanol–water partition coefficient (Wildman–Crippen LogP) is 2.23. The topological polar surface area (TPSA) is 38.0 Å². The van der Waals surface area contributed by atoms with Crippen molar-refractivity contribution in [3.05, 3.63) is 35.4 Å². The predicted molar refractivity (Wildman–Crippen MR) is 47.2 cm³/mol. The van der Waals surface area contributed by atoms with Crippen LogP contribution < -0.4 is 11.3 Å². The van der Waals surface area contributed by atoms with Gasteiger partial charge in [-0.2, -0.15) is 13.2 Å². The molecule has 0 aromatic heterocycles. The van der Waals surface area contributed by atoms with Gasteiger partial charge in [-0.25, -0.2) is 0 Å². The number of nitrogens with two attached hydrogens (primary N) is 1. The van der Waals surface area contributed by atoms with Gasteiger partial charge < -0.3 is 0 Å². The lowest BCUT2D eigenvalue weighted by Crippen LogP contribution is -2.25. The Kier molecular flexibility index (Phi) is 3.13. The Bertz CT molecular complexity index is 309. The van der Waals surface area contributed by atoms with E-state index in [2.05, 4.69) is 5.43 Å². The SMILES string of the molecule is C[C@H](NN)c1cccc(C(F)(F)F)c1. The summed E-state index contributed by atoms with van der Waals surface area (Å²) in [5.74, 6) is 5.13. The molecule has 0 unspecified atom stereocenters. The van der Waals surface area contributed by atoms with Crippen LogP contribution in [0.5, 0.6) is 0 Å². The van der Waals surface area contributed by atoms with Crippen molar-refractivity contribution in [3.8, 4) is 0 Å². The first-order valence-electron chi connectivity index (χ1n) is 4.08. The first-order valence-corrected chi connectivity index (χ1v) is 4.08. The highest BCUT2D eigenvalue weighted by Crippen LogP contribution is 2.30. The standard InChI is InChI=1S/C9H11F3N2/c1-6(14-13)7-3-2-4-8(5-7)9(10,11)12/h2-6,14H,13H2,1H3/t6-/m0/s1. The fraction of sp³-hybridized carbons (Fsp3) is 0.333. The molecule has 0 amide bonds. The molecule has 1 atom stereocenters. The van der Waals surface area contributed by atoms with Crippen LogP contribution in [0.3, 0.4) is 0 Å². The number of rotatable bonds is 2. The van der Waals surface area contributed by atoms with E-state index in [-0.39, 0.29) is 6.04 Å². The quantitative estimate of drug-likeness (QED) is 0.572. The van der Waals surface area contributed by atoms with Crippen molar-refractivity contribution >= 4 is 0 Å². The molecule has 0 bridgehead atoms. The highest BCUT2D eigenvalue weighted by Gasteiger charge is 2.30. The van der Waals surface area contributed by atoms with Crippen LogP contribution in [-0.2, 0) is 6.18 Å². The number of hydrogen-bond donors (Lipinski definition) is 2. The first kappa shape index (κ1) is 11.0. The number of hydrazine groups is 1. The molecule has 0 aliphatic heterocycles. The molecule has 0 aliphatic rings. The fourth-order valence-corrected chi connectivity index (χ4v) is 1.08. The number of nitrogens with one attached hydrogen (secondary N) is 1. The molecule has 0 saturated carbocycles. The largest absolute Gasteiger partial charge is 0.416 e. The zero-order chi connectivity index (χ0) is 10.8. The number of halogens is 3. The van der Waals surface area contributed by atoms with Crippen LogP contribution in [0.4, 0.5) is 13.2 Å². The summed E-state index contributed by atoms with van der Waals surface area (Å²) in [6.07, 6.45) is -4.30. The van der Waals surface area contributed by atoms with E-state index < -0.39 is 11.7 Å². The van der Waals surface area contributed by atoms with Crippen molar-refractivity contribution in [3.63, 3.8) is 0 Å². The molecule has 0 radical (unpaired) electrons. The fourth-order valence-electron chi connectivity index (χ4n) is 1.08. The van der Waals surface area contributed by atoms with E-state index in [0.717, 1.165) is 12.1 Å². The number of alkyl halides is 3. The highest BCUT2D eigenvalue weighted by atomic mass is 19.4. The molecule has 1 rings (SSSR count). The smallest absolute Gasteiger partial charge is 0.271 e. The van der Waals surface area contributed by atoms with Crippen LogP contribution in [0.1, 0.15) is 24.1 Å². The molecule has 3 N–H and O–H groups in total. The van der Waals surface area contributed by atoms with Crippen LogP contribution >= 0.6 is 0 Å². The molecule has 78 valence electrons. The van der Waals surface area contributed by atoms with Crippen molar-refractivity contribution in [1.29, 1.82) is 0 Å². The summed E-state index contributed by atoms with van der Waals surface area (Å²) in [6, 6.07) is 4.79. The lowest BCUT2D eigenvalue weighted by Gasteiger charge is -2.13. The Morgan fingerprint density at radius 1 is 1.36 bits per heavy atom. The van der Waals surface area contributed by atoms with Crippen LogP contribution in [0, 0.1) is 0 Å². The van der Waals surface area contributed by atoms with Gasteiger partial charge in [-0.15, -0.1) is 0 Å². The number of benzene rings is 1. The van der Waals surface area contributed by atoms with Crippen LogP contribution in [0.2, 0.25) is 0 Å². The Morgan fingerprint density at radius 3 is 2.50 bits per heavy atom. The summed E-state index contributed by atoms with van der Waals surface area (Å²) in [5.41, 5.74) is 2.25. The highest BCUT2D eigenvalue weighted by molar-refractivity contribution is 5.27. The summed E-state index contributed by atoms with van der Waals surface area (Å²) in [6.45, 7) is 1.69. The average molecular weight is 204 g/mol. The minimum atomic E-state index is -4.30. The van der Waals surface area contributed by atoms with E-state index in [1.165, 1.54) is 6.07 Å². The van der Waals surface area contributed by atoms with Gasteiger partial charge in [0.25, 0.3) is 0 Å². The van der Waals surface area contributed by atoms with Gasteiger partial charge in [0.05, 0.1) is 5.56 Å². The number of hydrogen-bond acceptors (Lipinski definition) is 2. The minimum absolute atomic E-state index is 0.294. The molecule has 0 fully saturated rings. The minimum Gasteiger partial charge on any atom is -0.271 e. The molecule has 0 aliphatic carbocycles. The maximum absolute atomic E-state index is 12.3. The zero-order valence-electron chi connectivity index (χ0n) is 7.60. The van der Waals surface area contributed by atoms with Gasteiger partial charge in [0.2, 0.25) is 0 Å². The van der Waals surface area contributed by atoms with Crippen LogP contribution in [0.15, 0.2) is 24.3 Å². The Hall–Kier alpha value is -1.07. The summed E-state index contributed by atoms with van der Waals surface area (Å²) in [4.78, 5) is 0. The van der Waals surface area contributed by atoms with Crippen molar-refractivity contribution in [2.45, 2.75) is 19.1 Å². The summed E-state index contributed by atoms with van der Waals surface area (Å²) < 4.78 is 36.9. The Balaban J connectivity index is 3.01. The molecule has 0 heterocycles. The van der Waals surface area contributed by atoms with Crippen LogP contribution in [-0.4, -0.2) is 0 Å². The van der Waals surface area contributed by atoms with Crippen LogP contribution in [0.25, 0.3) is 0 Å². The second-order valence-electron chi connectivity index (χ2n) is 3.01. The van der Waals surface area contributed by atoms with Gasteiger partial charge in [0.1, 0.15) is 0 Å². The van der Waals surface area contributed by atoms with Gasteiger partial charge in [0.15, 0.2) is 0 Å². The maximum atomic E-state index is 12.3. The molecule has 1 aromatic rings. The summed E-state index contributed by atoms with van der Waals surface area (Å²) in [7, 11) is 0. The summed E-state index contributed by atoms with van der Waals surface area (Å²) in [5, 5.41) is 0. The third kappa shape index (κ3) is 2.46. The van der Waals surface area contributed by atoms with Crippen molar-refractivity contribution in [2.75, 3.05) is 0 Å². The lowest BCUT2D eigenvalue weighted by atomic mass is 10.1. The van der Waals surface area contributed by atoms with E-state index in [4.69, 9.17) is 5.84 Å². The molecule has 0 spiro atoms. The molecule has 0 saturated heterocycles. The zero-order valence-corrected chi connectivity index (χ0v) is 7.60. The monoisotopic (exact) mass is 204 g/mol. The van der Waals surface area contributed by atoms with Crippen molar-refractivity contribution in [1.82, 2.24) is 5.43 Å². The van der Waals surface area contributed by atoms with Crippen molar-refractivity contribution in [2.24, 2.45) is 5.84 Å². The average Bonchev–Trinajstić information content (AvgIpc) is 2.15. The van der Waals surface area contributed by atoms with E-state index in [1.807, 2.05) is 0 Å². The van der Waals surface area contributed by atoms with Gasteiger partial charge >= 0.3 is 6.18 Å². The third-order valence-corrected chi connectivity index (χ3v) is 1.96. The summed E-state index contributed by atoms with van der Waals surface area (Å²) >= 11 is 0. The molecule has 1 aromatic carbocycles. The molecule has 5 heteroatoms. The third-order valence-electron chi connectivity index (χ3n) is 1.96. The van der Waals surface area contributed by atoms with Gasteiger partial charge in [-0.3, -0.25) is 11.3 Å². The Morgan fingerprint density at radius 2 is 2.00 bits per heavy atom. The van der Waals surface area contributed by atoms with Gasteiger partial charge in [-0.1, -0.05) is 12.1 Å².